The third-order valence-corrected chi connectivity index (χ3v) is 8.01. The summed E-state index contributed by atoms with van der Waals surface area (Å²) in [6, 6.07) is 21.8. The van der Waals surface area contributed by atoms with Crippen molar-refractivity contribution in [2.45, 2.75) is 71.5 Å². The number of amides is 3. The van der Waals surface area contributed by atoms with Gasteiger partial charge in [0.1, 0.15) is 12.1 Å². The first-order valence-corrected chi connectivity index (χ1v) is 15.5. The zero-order valence-electron chi connectivity index (χ0n) is 27.8. The van der Waals surface area contributed by atoms with Crippen molar-refractivity contribution in [1.82, 2.24) is 15.1 Å². The van der Waals surface area contributed by atoms with Gasteiger partial charge < -0.3 is 26.0 Å². The van der Waals surface area contributed by atoms with E-state index in [1.807, 2.05) is 107 Å². The van der Waals surface area contributed by atoms with Crippen molar-refractivity contribution >= 4 is 28.5 Å². The Morgan fingerprint density at radius 3 is 2.07 bits per heavy atom. The summed E-state index contributed by atoms with van der Waals surface area (Å²) in [6.07, 6.45) is 2.63. The van der Waals surface area contributed by atoms with Crippen LogP contribution in [0.3, 0.4) is 0 Å². The first-order valence-electron chi connectivity index (χ1n) is 15.5. The highest BCUT2D eigenvalue weighted by molar-refractivity contribution is 5.95. The molecule has 2 atom stereocenters. The number of hydrogen-bond donors (Lipinski definition) is 3. The third kappa shape index (κ3) is 10.5. The third-order valence-electron chi connectivity index (χ3n) is 8.01. The van der Waals surface area contributed by atoms with E-state index < -0.39 is 23.0 Å². The number of aliphatic hydroxyl groups is 1. The van der Waals surface area contributed by atoms with Crippen molar-refractivity contribution in [1.29, 1.82) is 0 Å². The Balaban J connectivity index is 1.99. The van der Waals surface area contributed by atoms with E-state index in [4.69, 9.17) is 5.73 Å². The van der Waals surface area contributed by atoms with Crippen LogP contribution in [0.5, 0.6) is 0 Å². The second kappa shape index (κ2) is 15.3. The zero-order chi connectivity index (χ0) is 33.4. The van der Waals surface area contributed by atoms with Crippen molar-refractivity contribution in [3.8, 4) is 0 Å². The topological polar surface area (TPSA) is 116 Å². The molecular weight excluding hydrogens is 564 g/mol. The van der Waals surface area contributed by atoms with Gasteiger partial charge in [-0.1, -0.05) is 92.2 Å². The van der Waals surface area contributed by atoms with Crippen LogP contribution in [0.1, 0.15) is 52.2 Å². The van der Waals surface area contributed by atoms with E-state index in [-0.39, 0.29) is 37.3 Å². The Bertz CT molecular complexity index is 1490. The number of rotatable bonds is 14. The second-order valence-electron chi connectivity index (χ2n) is 13.7. The molecule has 0 saturated carbocycles. The van der Waals surface area contributed by atoms with E-state index in [0.29, 0.717) is 12.8 Å². The summed E-state index contributed by atoms with van der Waals surface area (Å²) < 4.78 is 0. The molecule has 0 heterocycles. The molecule has 3 aromatic rings. The smallest absolute Gasteiger partial charge is 0.246 e. The minimum Gasteiger partial charge on any atom is -0.396 e. The lowest BCUT2D eigenvalue weighted by Gasteiger charge is -2.35. The summed E-state index contributed by atoms with van der Waals surface area (Å²) in [7, 11) is 3.25. The van der Waals surface area contributed by atoms with Gasteiger partial charge in [-0.05, 0) is 49.1 Å². The minimum atomic E-state index is -0.876. The molecule has 0 aromatic heterocycles. The van der Waals surface area contributed by atoms with Crippen molar-refractivity contribution in [3.63, 3.8) is 0 Å². The number of carbonyl (C=O) groups is 3. The van der Waals surface area contributed by atoms with Crippen molar-refractivity contribution in [3.05, 3.63) is 95.6 Å². The lowest BCUT2D eigenvalue weighted by Crippen LogP contribution is -2.56. The molecule has 3 amide bonds. The molecule has 0 spiro atoms. The molecule has 8 nitrogen and oxygen atoms in total. The number of nitrogens with zero attached hydrogens (tertiary/aromatic N) is 2. The normalized spacial score (nSPS) is 13.7. The van der Waals surface area contributed by atoms with Crippen molar-refractivity contribution in [2.75, 3.05) is 27.2 Å². The van der Waals surface area contributed by atoms with Crippen LogP contribution in [0, 0.1) is 5.41 Å². The SMILES string of the molecule is CC(=CC(=O)N(C)[C@H](Cc1ccc2ccccc2c1)C(=O)N(C)[C@H](Cc1ccccc1)C(=O)NCC(C)(C)CO)CC(C)(C)N. The lowest BCUT2D eigenvalue weighted by atomic mass is 9.94. The Morgan fingerprint density at radius 1 is 0.844 bits per heavy atom. The van der Waals surface area contributed by atoms with Gasteiger partial charge in [0, 0.05) is 57.1 Å². The predicted molar refractivity (Wildman–Crippen MR) is 181 cm³/mol. The summed E-state index contributed by atoms with van der Waals surface area (Å²) in [4.78, 5) is 44.6. The quantitative estimate of drug-likeness (QED) is 0.232. The molecule has 0 radical (unpaired) electrons. The van der Waals surface area contributed by atoms with Crippen LogP contribution in [0.25, 0.3) is 10.8 Å². The summed E-state index contributed by atoms with van der Waals surface area (Å²) in [5, 5.41) is 14.8. The molecule has 8 heteroatoms. The highest BCUT2D eigenvalue weighted by Crippen LogP contribution is 2.21. The largest absolute Gasteiger partial charge is 0.396 e. The standard InChI is InChI=1S/C37H50N4O4/c1-26(23-37(4,5)38)19-33(43)40(6)32(22-28-17-18-29-15-11-12-16-30(29)20-28)35(45)41(7)31(21-27-13-9-8-10-14-27)34(44)39-24-36(2,3)25-42/h8-20,31-32,42H,21-25,38H2,1-7H3,(H,39,44)/t31-,32-/m1/s1. The monoisotopic (exact) mass is 614 g/mol. The van der Waals surface area contributed by atoms with Crippen LogP contribution in [-0.2, 0) is 27.2 Å². The average Bonchev–Trinajstić information content (AvgIpc) is 2.99. The van der Waals surface area contributed by atoms with Gasteiger partial charge in [0.2, 0.25) is 17.7 Å². The van der Waals surface area contributed by atoms with Gasteiger partial charge in [0.25, 0.3) is 0 Å². The Labute approximate surface area is 268 Å². The van der Waals surface area contributed by atoms with E-state index in [2.05, 4.69) is 5.32 Å². The summed E-state index contributed by atoms with van der Waals surface area (Å²) in [5.41, 5.74) is 7.80. The van der Waals surface area contributed by atoms with E-state index in [0.717, 1.165) is 27.5 Å². The molecular formula is C37H50N4O4. The van der Waals surface area contributed by atoms with Crippen LogP contribution >= 0.6 is 0 Å². The maximum absolute atomic E-state index is 14.4. The molecule has 3 rings (SSSR count). The van der Waals surface area contributed by atoms with E-state index in [1.165, 1.54) is 9.80 Å². The average molecular weight is 615 g/mol. The van der Waals surface area contributed by atoms with Crippen LogP contribution in [0.2, 0.25) is 0 Å². The predicted octanol–water partition coefficient (Wildman–Crippen LogP) is 4.49. The molecule has 242 valence electrons. The molecule has 0 saturated heterocycles. The molecule has 45 heavy (non-hydrogen) atoms. The van der Waals surface area contributed by atoms with Gasteiger partial charge in [-0.15, -0.1) is 0 Å². The fourth-order valence-electron chi connectivity index (χ4n) is 5.35. The number of hydrogen-bond acceptors (Lipinski definition) is 5. The molecule has 4 N–H and O–H groups in total. The number of aliphatic hydroxyl groups excluding tert-OH is 1. The Morgan fingerprint density at radius 2 is 1.44 bits per heavy atom. The maximum atomic E-state index is 14.4. The van der Waals surface area contributed by atoms with Crippen LogP contribution in [0.4, 0.5) is 0 Å². The van der Waals surface area contributed by atoms with E-state index in [1.54, 1.807) is 20.2 Å². The Hall–Kier alpha value is -4.01. The van der Waals surface area contributed by atoms with Gasteiger partial charge in [-0.3, -0.25) is 14.4 Å². The molecule has 0 fully saturated rings. The van der Waals surface area contributed by atoms with Gasteiger partial charge in [0.05, 0.1) is 0 Å². The van der Waals surface area contributed by atoms with Gasteiger partial charge in [-0.25, -0.2) is 0 Å². The molecule has 0 unspecified atom stereocenters. The first-order chi connectivity index (χ1) is 21.1. The van der Waals surface area contributed by atoms with E-state index >= 15 is 0 Å². The minimum absolute atomic E-state index is 0.0968. The molecule has 0 aliphatic carbocycles. The van der Waals surface area contributed by atoms with Crippen LogP contribution < -0.4 is 11.1 Å². The molecule has 0 aliphatic heterocycles. The summed E-state index contributed by atoms with van der Waals surface area (Å²) in [6.45, 7) is 9.53. The number of carbonyl (C=O) groups excluding carboxylic acids is 3. The highest BCUT2D eigenvalue weighted by Gasteiger charge is 2.35. The first kappa shape index (κ1) is 35.5. The number of fused-ring (bicyclic) bond motifs is 1. The Kier molecular flexibility index (Phi) is 12.1. The highest BCUT2D eigenvalue weighted by atomic mass is 16.3. The van der Waals surface area contributed by atoms with E-state index in [9.17, 15) is 19.5 Å². The number of benzene rings is 3. The number of nitrogens with two attached hydrogens (primary N) is 1. The number of likely N-dealkylation sites (N-methyl/N-ethyl adjacent to an activating group) is 2. The summed E-state index contributed by atoms with van der Waals surface area (Å²) >= 11 is 0. The van der Waals surface area contributed by atoms with Crippen LogP contribution in [0.15, 0.2) is 84.4 Å². The molecule has 0 bridgehead atoms. The van der Waals surface area contributed by atoms with Gasteiger partial charge in [0.15, 0.2) is 0 Å². The second-order valence-corrected chi connectivity index (χ2v) is 13.7. The summed E-state index contributed by atoms with van der Waals surface area (Å²) in [5.74, 6) is -0.977. The molecule has 0 aliphatic rings. The fourth-order valence-corrected chi connectivity index (χ4v) is 5.35. The van der Waals surface area contributed by atoms with Gasteiger partial charge in [-0.2, -0.15) is 0 Å². The van der Waals surface area contributed by atoms with Crippen LogP contribution in [-0.4, -0.2) is 77.5 Å². The van der Waals surface area contributed by atoms with Crippen molar-refractivity contribution in [2.24, 2.45) is 11.1 Å². The lowest BCUT2D eigenvalue weighted by molar-refractivity contribution is -0.146. The zero-order valence-corrected chi connectivity index (χ0v) is 27.8. The van der Waals surface area contributed by atoms with Gasteiger partial charge >= 0.3 is 0 Å². The number of nitrogens with one attached hydrogen (secondary N) is 1. The van der Waals surface area contributed by atoms with Crippen molar-refractivity contribution < 1.29 is 19.5 Å². The maximum Gasteiger partial charge on any atom is 0.246 e. The molecule has 3 aromatic carbocycles. The fraction of sp³-hybridized carbons (Fsp3) is 0.432.